The van der Waals surface area contributed by atoms with E-state index in [0.29, 0.717) is 43.4 Å². The van der Waals surface area contributed by atoms with Gasteiger partial charge in [-0.1, -0.05) is 54.4 Å². The van der Waals surface area contributed by atoms with Crippen LogP contribution in [-0.4, -0.2) is 39.9 Å². The maximum absolute atomic E-state index is 13.9. The summed E-state index contributed by atoms with van der Waals surface area (Å²) in [6.07, 6.45) is 8.92. The Kier molecular flexibility index (Phi) is 8.55. The molecule has 4 heteroatoms. The summed E-state index contributed by atoms with van der Waals surface area (Å²) >= 11 is 0. The molecule has 33 heavy (non-hydrogen) atoms. The smallest absolute Gasteiger partial charge is 0.165 e. The number of rotatable bonds is 9. The lowest BCUT2D eigenvalue weighted by Crippen LogP contribution is -2.52. The van der Waals surface area contributed by atoms with Gasteiger partial charge in [-0.05, 0) is 91.6 Å². The van der Waals surface area contributed by atoms with Crippen molar-refractivity contribution in [2.24, 2.45) is 46.3 Å². The van der Waals surface area contributed by atoms with Crippen LogP contribution in [0.1, 0.15) is 99.3 Å². The molecular weight excluding hydrogens is 412 g/mol. The average Bonchev–Trinajstić information content (AvgIpc) is 3.09. The summed E-state index contributed by atoms with van der Waals surface area (Å²) in [6, 6.07) is 0. The second kappa shape index (κ2) is 10.5. The van der Waals surface area contributed by atoms with Gasteiger partial charge in [-0.25, -0.2) is 0 Å². The normalized spacial score (nSPS) is 41.1. The number of aliphatic hydroxyl groups excluding tert-OH is 3. The first-order valence-electron chi connectivity index (χ1n) is 13.7. The fraction of sp³-hybridized carbons (Fsp3) is 0.897. The van der Waals surface area contributed by atoms with Crippen LogP contribution in [0, 0.1) is 46.3 Å². The van der Waals surface area contributed by atoms with E-state index in [-0.39, 0.29) is 29.6 Å². The van der Waals surface area contributed by atoms with Crippen LogP contribution in [0.5, 0.6) is 0 Å². The summed E-state index contributed by atoms with van der Waals surface area (Å²) in [6.45, 7) is 13.8. The molecule has 2 fully saturated rings. The average molecular weight is 463 g/mol. The molecule has 3 aliphatic carbocycles. The van der Waals surface area contributed by atoms with Crippen LogP contribution < -0.4 is 0 Å². The number of hydrogen-bond donors (Lipinski definition) is 3. The van der Waals surface area contributed by atoms with Gasteiger partial charge >= 0.3 is 0 Å². The Labute approximate surface area is 202 Å². The van der Waals surface area contributed by atoms with Crippen molar-refractivity contribution in [2.75, 3.05) is 6.61 Å². The standard InChI is InChI=1S/C29H50O4/c1-7-20(18(2)3)9-8-19(4)23-10-11-24(28(23,5)14-15-30)22-17-26(32)25-16-21(31)12-13-29(25,6)27(22)33/h17-21,23-26,30-32H,7-16H2,1-6H3. The van der Waals surface area contributed by atoms with Crippen LogP contribution in [0.4, 0.5) is 0 Å². The number of carbonyl (C=O) groups is 1. The second-order valence-corrected chi connectivity index (χ2v) is 12.6. The van der Waals surface area contributed by atoms with Crippen molar-refractivity contribution in [1.29, 1.82) is 0 Å². The quantitative estimate of drug-likeness (QED) is 0.420. The van der Waals surface area contributed by atoms with Crippen molar-refractivity contribution in [3.63, 3.8) is 0 Å². The van der Waals surface area contributed by atoms with Gasteiger partial charge in [0.05, 0.1) is 12.2 Å². The molecule has 0 spiro atoms. The Morgan fingerprint density at radius 1 is 1.09 bits per heavy atom. The second-order valence-electron chi connectivity index (χ2n) is 12.6. The molecular formula is C29H50O4. The molecule has 0 bridgehead atoms. The van der Waals surface area contributed by atoms with Crippen molar-refractivity contribution >= 4 is 5.78 Å². The largest absolute Gasteiger partial charge is 0.396 e. The molecule has 0 aromatic rings. The maximum Gasteiger partial charge on any atom is 0.165 e. The van der Waals surface area contributed by atoms with Gasteiger partial charge in [-0.2, -0.15) is 0 Å². The number of ketones is 1. The third-order valence-corrected chi connectivity index (χ3v) is 10.5. The van der Waals surface area contributed by atoms with Crippen molar-refractivity contribution in [1.82, 2.24) is 0 Å². The first-order chi connectivity index (χ1) is 15.5. The molecule has 0 aromatic heterocycles. The third kappa shape index (κ3) is 5.00. The zero-order valence-electron chi connectivity index (χ0n) is 22.0. The number of aliphatic hydroxyl groups is 3. The molecule has 4 nitrogen and oxygen atoms in total. The van der Waals surface area contributed by atoms with Crippen LogP contribution in [0.25, 0.3) is 0 Å². The molecule has 3 N–H and O–H groups in total. The summed E-state index contributed by atoms with van der Waals surface area (Å²) in [4.78, 5) is 13.9. The van der Waals surface area contributed by atoms with E-state index in [9.17, 15) is 20.1 Å². The molecule has 0 saturated heterocycles. The topological polar surface area (TPSA) is 77.8 Å². The van der Waals surface area contributed by atoms with Gasteiger partial charge < -0.3 is 15.3 Å². The highest BCUT2D eigenvalue weighted by Crippen LogP contribution is 2.59. The van der Waals surface area contributed by atoms with Gasteiger partial charge in [-0.15, -0.1) is 0 Å². The molecule has 0 aromatic carbocycles. The maximum atomic E-state index is 13.9. The lowest BCUT2D eigenvalue weighted by atomic mass is 9.55. The van der Waals surface area contributed by atoms with E-state index in [1.54, 1.807) is 0 Å². The van der Waals surface area contributed by atoms with Gasteiger partial charge in [0.1, 0.15) is 0 Å². The molecule has 0 aliphatic heterocycles. The Hall–Kier alpha value is -0.710. The highest BCUT2D eigenvalue weighted by atomic mass is 16.3. The SMILES string of the molecule is CCC(CCC(C)C1CCC(C2=CC(O)C3CC(O)CCC3(C)C2=O)C1(C)CCO)C(C)C. The predicted octanol–water partition coefficient (Wildman–Crippen LogP) is 5.54. The van der Waals surface area contributed by atoms with Gasteiger partial charge in [0.25, 0.3) is 0 Å². The number of hydrogen-bond acceptors (Lipinski definition) is 4. The molecule has 0 radical (unpaired) electrons. The van der Waals surface area contributed by atoms with Crippen LogP contribution in [0.3, 0.4) is 0 Å². The Bertz CT molecular complexity index is 714. The van der Waals surface area contributed by atoms with Crippen LogP contribution >= 0.6 is 0 Å². The number of fused-ring (bicyclic) bond motifs is 1. The van der Waals surface area contributed by atoms with Crippen LogP contribution in [0.15, 0.2) is 11.6 Å². The Balaban J connectivity index is 1.84. The molecule has 2 saturated carbocycles. The monoisotopic (exact) mass is 462 g/mol. The fourth-order valence-corrected chi connectivity index (χ4v) is 8.10. The van der Waals surface area contributed by atoms with Gasteiger partial charge in [0, 0.05) is 17.9 Å². The van der Waals surface area contributed by atoms with E-state index in [4.69, 9.17) is 0 Å². The summed E-state index contributed by atoms with van der Waals surface area (Å²) in [5, 5.41) is 31.2. The highest BCUT2D eigenvalue weighted by Gasteiger charge is 2.56. The first kappa shape index (κ1) is 26.9. The first-order valence-corrected chi connectivity index (χ1v) is 13.7. The molecule has 0 heterocycles. The Morgan fingerprint density at radius 2 is 1.79 bits per heavy atom. The number of allylic oxidation sites excluding steroid dienone is 1. The molecule has 0 amide bonds. The molecule has 190 valence electrons. The van der Waals surface area contributed by atoms with E-state index >= 15 is 0 Å². The zero-order valence-corrected chi connectivity index (χ0v) is 22.0. The number of carbonyl (C=O) groups excluding carboxylic acids is 1. The van der Waals surface area contributed by atoms with Gasteiger partial charge in [0.2, 0.25) is 0 Å². The van der Waals surface area contributed by atoms with Gasteiger partial charge in [-0.3, -0.25) is 4.79 Å². The van der Waals surface area contributed by atoms with E-state index in [1.165, 1.54) is 19.3 Å². The molecule has 9 atom stereocenters. The minimum absolute atomic E-state index is 0.0935. The fourth-order valence-electron chi connectivity index (χ4n) is 8.10. The summed E-state index contributed by atoms with van der Waals surface area (Å²) in [5.74, 6) is 2.58. The highest BCUT2D eigenvalue weighted by molar-refractivity contribution is 6.01. The van der Waals surface area contributed by atoms with Crippen molar-refractivity contribution in [3.05, 3.63) is 11.6 Å². The van der Waals surface area contributed by atoms with Crippen molar-refractivity contribution in [3.8, 4) is 0 Å². The van der Waals surface area contributed by atoms with Gasteiger partial charge in [0.15, 0.2) is 5.78 Å². The van der Waals surface area contributed by atoms with Crippen LogP contribution in [0.2, 0.25) is 0 Å². The number of Topliss-reactive ketones (excluding diaryl/α,β-unsaturated/α-hetero) is 1. The lowest BCUT2D eigenvalue weighted by molar-refractivity contribution is -0.138. The van der Waals surface area contributed by atoms with E-state index in [2.05, 4.69) is 34.6 Å². The zero-order chi connectivity index (χ0) is 24.6. The van der Waals surface area contributed by atoms with E-state index < -0.39 is 17.6 Å². The Morgan fingerprint density at radius 3 is 2.39 bits per heavy atom. The van der Waals surface area contributed by atoms with Crippen LogP contribution in [-0.2, 0) is 4.79 Å². The lowest BCUT2D eigenvalue weighted by Gasteiger charge is -2.49. The molecule has 3 rings (SSSR count). The molecule has 3 aliphatic rings. The molecule has 9 unspecified atom stereocenters. The summed E-state index contributed by atoms with van der Waals surface area (Å²) < 4.78 is 0. The minimum Gasteiger partial charge on any atom is -0.396 e. The van der Waals surface area contributed by atoms with E-state index in [0.717, 1.165) is 24.3 Å². The van der Waals surface area contributed by atoms with E-state index in [1.807, 2.05) is 13.0 Å². The van der Waals surface area contributed by atoms with Crippen molar-refractivity contribution in [2.45, 2.75) is 112 Å². The summed E-state index contributed by atoms with van der Waals surface area (Å²) in [5.41, 5.74) is 0.0988. The third-order valence-electron chi connectivity index (χ3n) is 10.5. The van der Waals surface area contributed by atoms with Crippen molar-refractivity contribution < 1.29 is 20.1 Å². The summed E-state index contributed by atoms with van der Waals surface area (Å²) in [7, 11) is 0. The minimum atomic E-state index is -0.677. The predicted molar refractivity (Wildman–Crippen MR) is 134 cm³/mol.